The monoisotopic (exact) mass is 623 g/mol. The van der Waals surface area contributed by atoms with Gasteiger partial charge in [-0.3, -0.25) is 13.9 Å². The number of carbonyl (C=O) groups is 2. The zero-order valence-electron chi connectivity index (χ0n) is 22.5. The number of amides is 2. The molecule has 0 aliphatic rings. The molecule has 2 amide bonds. The van der Waals surface area contributed by atoms with E-state index in [0.717, 1.165) is 28.3 Å². The van der Waals surface area contributed by atoms with Crippen LogP contribution in [0.15, 0.2) is 71.6 Å². The second-order valence-electron chi connectivity index (χ2n) is 9.39. The van der Waals surface area contributed by atoms with E-state index in [1.165, 1.54) is 35.2 Å². The van der Waals surface area contributed by atoms with Gasteiger partial charge in [0.15, 0.2) is 0 Å². The van der Waals surface area contributed by atoms with Gasteiger partial charge in [0.1, 0.15) is 12.6 Å². The van der Waals surface area contributed by atoms with E-state index in [0.29, 0.717) is 11.6 Å². The van der Waals surface area contributed by atoms with Crippen molar-refractivity contribution in [2.45, 2.75) is 51.1 Å². The van der Waals surface area contributed by atoms with Crippen molar-refractivity contribution >= 4 is 62.3 Å². The lowest BCUT2D eigenvalue weighted by atomic mass is 10.1. The van der Waals surface area contributed by atoms with Crippen LogP contribution in [0, 0.1) is 6.92 Å². The van der Waals surface area contributed by atoms with Gasteiger partial charge in [-0.2, -0.15) is 0 Å². The third-order valence-electron chi connectivity index (χ3n) is 6.34. The topological polar surface area (TPSA) is 86.8 Å². The number of nitrogens with zero attached hydrogens (tertiary/aromatic N) is 2. The SMILES string of the molecule is CCCCNC(=O)[C@@H](C)N(Cc1ccc(Cl)cc1)C(=O)CN(c1ccc(Cl)c(Cl)c1)S(=O)(=O)c1ccc(C)cc1. The second-order valence-corrected chi connectivity index (χ2v) is 12.5. The molecule has 1 N–H and O–H groups in total. The van der Waals surface area contributed by atoms with Crippen LogP contribution in [0.3, 0.4) is 0 Å². The lowest BCUT2D eigenvalue weighted by molar-refractivity contribution is -0.139. The highest BCUT2D eigenvalue weighted by Gasteiger charge is 2.32. The number of unbranched alkanes of at least 4 members (excludes halogenated alkanes) is 1. The molecule has 7 nitrogen and oxygen atoms in total. The largest absolute Gasteiger partial charge is 0.354 e. The number of benzene rings is 3. The summed E-state index contributed by atoms with van der Waals surface area (Å²) < 4.78 is 28.7. The van der Waals surface area contributed by atoms with Crippen molar-refractivity contribution in [2.24, 2.45) is 0 Å². The van der Waals surface area contributed by atoms with Crippen molar-refractivity contribution in [1.29, 1.82) is 0 Å². The summed E-state index contributed by atoms with van der Waals surface area (Å²) in [7, 11) is -4.20. The van der Waals surface area contributed by atoms with Crippen LogP contribution in [0.1, 0.15) is 37.8 Å². The highest BCUT2D eigenvalue weighted by atomic mass is 35.5. The minimum Gasteiger partial charge on any atom is -0.354 e. The molecule has 3 rings (SSSR count). The lowest BCUT2D eigenvalue weighted by Gasteiger charge is -2.32. The Morgan fingerprint density at radius 2 is 1.57 bits per heavy atom. The number of halogens is 3. The van der Waals surface area contributed by atoms with E-state index < -0.39 is 28.5 Å². The van der Waals surface area contributed by atoms with Gasteiger partial charge in [0, 0.05) is 18.1 Å². The Kier molecular flexibility index (Phi) is 11.3. The van der Waals surface area contributed by atoms with Gasteiger partial charge in [0.2, 0.25) is 11.8 Å². The van der Waals surface area contributed by atoms with Gasteiger partial charge >= 0.3 is 0 Å². The van der Waals surface area contributed by atoms with Gasteiger partial charge in [0.25, 0.3) is 10.0 Å². The molecule has 0 bridgehead atoms. The van der Waals surface area contributed by atoms with Gasteiger partial charge in [-0.05, 0) is 68.3 Å². The Morgan fingerprint density at radius 3 is 2.17 bits per heavy atom. The molecule has 3 aromatic carbocycles. The molecular weight excluding hydrogens is 593 g/mol. The molecule has 0 radical (unpaired) electrons. The number of anilines is 1. The fraction of sp³-hybridized carbons (Fsp3) is 0.310. The molecule has 0 aromatic heterocycles. The summed E-state index contributed by atoms with van der Waals surface area (Å²) in [4.78, 5) is 28.3. The molecule has 0 spiro atoms. The Bertz CT molecular complexity index is 1430. The normalized spacial score (nSPS) is 12.1. The van der Waals surface area contributed by atoms with Crippen molar-refractivity contribution in [3.05, 3.63) is 92.9 Å². The highest BCUT2D eigenvalue weighted by Crippen LogP contribution is 2.31. The Labute approximate surface area is 251 Å². The molecule has 0 aliphatic heterocycles. The van der Waals surface area contributed by atoms with Crippen LogP contribution in [0.5, 0.6) is 0 Å². The third kappa shape index (κ3) is 8.13. The van der Waals surface area contributed by atoms with Crippen LogP contribution in [0.4, 0.5) is 5.69 Å². The van der Waals surface area contributed by atoms with E-state index in [9.17, 15) is 18.0 Å². The number of rotatable bonds is 12. The molecule has 1 atom stereocenters. The minimum atomic E-state index is -4.20. The molecule has 0 aliphatic carbocycles. The molecule has 3 aromatic rings. The van der Waals surface area contributed by atoms with E-state index in [1.54, 1.807) is 43.3 Å². The van der Waals surface area contributed by atoms with E-state index in [1.807, 2.05) is 13.8 Å². The summed E-state index contributed by atoms with van der Waals surface area (Å²) in [6.07, 6.45) is 1.70. The first-order valence-electron chi connectivity index (χ1n) is 12.8. The Balaban J connectivity index is 2.02. The average molecular weight is 625 g/mol. The van der Waals surface area contributed by atoms with Gasteiger partial charge in [0.05, 0.1) is 20.6 Å². The van der Waals surface area contributed by atoms with E-state index >= 15 is 0 Å². The van der Waals surface area contributed by atoms with Crippen molar-refractivity contribution in [3.8, 4) is 0 Å². The number of nitrogens with one attached hydrogen (secondary N) is 1. The number of sulfonamides is 1. The van der Waals surface area contributed by atoms with Gasteiger partial charge in [-0.1, -0.05) is 78.0 Å². The van der Waals surface area contributed by atoms with Gasteiger partial charge in [-0.15, -0.1) is 0 Å². The molecule has 214 valence electrons. The summed E-state index contributed by atoms with van der Waals surface area (Å²) >= 11 is 18.4. The summed E-state index contributed by atoms with van der Waals surface area (Å²) in [5.41, 5.74) is 1.77. The van der Waals surface area contributed by atoms with Crippen LogP contribution in [0.2, 0.25) is 15.1 Å². The molecule has 40 heavy (non-hydrogen) atoms. The first kappa shape index (κ1) is 31.7. The number of aryl methyl sites for hydroxylation is 1. The predicted molar refractivity (Wildman–Crippen MR) is 162 cm³/mol. The van der Waals surface area contributed by atoms with E-state index in [4.69, 9.17) is 34.8 Å². The minimum absolute atomic E-state index is 0.00609. The maximum Gasteiger partial charge on any atom is 0.264 e. The van der Waals surface area contributed by atoms with Gasteiger partial charge < -0.3 is 10.2 Å². The number of carbonyl (C=O) groups excluding carboxylic acids is 2. The lowest BCUT2D eigenvalue weighted by Crippen LogP contribution is -2.51. The summed E-state index contributed by atoms with van der Waals surface area (Å²) in [5.74, 6) is -0.909. The van der Waals surface area contributed by atoms with Crippen molar-refractivity contribution in [2.75, 3.05) is 17.4 Å². The van der Waals surface area contributed by atoms with Crippen molar-refractivity contribution < 1.29 is 18.0 Å². The maximum atomic E-state index is 13.9. The van der Waals surface area contributed by atoms with Crippen molar-refractivity contribution in [1.82, 2.24) is 10.2 Å². The number of hydrogen-bond donors (Lipinski definition) is 1. The van der Waals surface area contributed by atoms with Crippen LogP contribution >= 0.6 is 34.8 Å². The maximum absolute atomic E-state index is 13.9. The Hall–Kier alpha value is -2.78. The second kappa shape index (κ2) is 14.2. The molecule has 0 saturated carbocycles. The summed E-state index contributed by atoms with van der Waals surface area (Å²) in [5, 5.41) is 3.76. The summed E-state index contributed by atoms with van der Waals surface area (Å²) in [6, 6.07) is 16.7. The average Bonchev–Trinajstić information content (AvgIpc) is 2.92. The van der Waals surface area contributed by atoms with E-state index in [2.05, 4.69) is 5.32 Å². The quantitative estimate of drug-likeness (QED) is 0.234. The van der Waals surface area contributed by atoms with Crippen molar-refractivity contribution in [3.63, 3.8) is 0 Å². The Morgan fingerprint density at radius 1 is 0.925 bits per heavy atom. The highest BCUT2D eigenvalue weighted by molar-refractivity contribution is 7.92. The van der Waals surface area contributed by atoms with Gasteiger partial charge in [-0.25, -0.2) is 8.42 Å². The zero-order chi connectivity index (χ0) is 29.4. The fourth-order valence-electron chi connectivity index (χ4n) is 3.91. The van der Waals surface area contributed by atoms with Crippen LogP contribution in [-0.2, 0) is 26.2 Å². The fourth-order valence-corrected chi connectivity index (χ4v) is 5.74. The third-order valence-corrected chi connectivity index (χ3v) is 9.12. The van der Waals surface area contributed by atoms with Crippen LogP contribution < -0.4 is 9.62 Å². The molecule has 11 heteroatoms. The molecule has 0 saturated heterocycles. The molecule has 0 fully saturated rings. The first-order chi connectivity index (χ1) is 18.9. The van der Waals surface area contributed by atoms with Crippen LogP contribution in [0.25, 0.3) is 0 Å². The molecule has 0 heterocycles. The van der Waals surface area contributed by atoms with E-state index in [-0.39, 0.29) is 33.1 Å². The standard InChI is InChI=1S/C29H32Cl3N3O4S/c1-4-5-16-33-29(37)21(3)34(18-22-8-10-23(30)11-9-22)28(36)19-35(24-12-15-26(31)27(32)17-24)40(38,39)25-13-6-20(2)7-14-25/h6-15,17,21H,4-5,16,18-19H2,1-3H3,(H,33,37)/t21-/m1/s1. The molecular formula is C29H32Cl3N3O4S. The summed E-state index contributed by atoms with van der Waals surface area (Å²) in [6.45, 7) is 5.44. The first-order valence-corrected chi connectivity index (χ1v) is 15.4. The smallest absolute Gasteiger partial charge is 0.264 e. The molecule has 0 unspecified atom stereocenters. The number of hydrogen-bond acceptors (Lipinski definition) is 4. The predicted octanol–water partition coefficient (Wildman–Crippen LogP) is 6.48. The van der Waals surface area contributed by atoms with Crippen LogP contribution in [-0.4, -0.2) is 44.3 Å². The zero-order valence-corrected chi connectivity index (χ0v) is 25.6.